The minimum atomic E-state index is -0.851. The number of amides is 1. The minimum Gasteiger partial charge on any atom is -0.465 e. The number of carbonyl (C=O) groups excluding carboxylic acids is 1. The van der Waals surface area contributed by atoms with Gasteiger partial charge in [0.15, 0.2) is 5.78 Å². The summed E-state index contributed by atoms with van der Waals surface area (Å²) in [6, 6.07) is 14.6. The van der Waals surface area contributed by atoms with Gasteiger partial charge in [-0.2, -0.15) is 0 Å². The Balaban J connectivity index is 1.20. The fourth-order valence-electron chi connectivity index (χ4n) is 4.89. The third-order valence-corrected chi connectivity index (χ3v) is 6.93. The quantitative estimate of drug-likeness (QED) is 0.642. The van der Waals surface area contributed by atoms with E-state index in [2.05, 4.69) is 27.2 Å². The van der Waals surface area contributed by atoms with E-state index < -0.39 is 6.09 Å². The summed E-state index contributed by atoms with van der Waals surface area (Å²) >= 11 is 0. The van der Waals surface area contributed by atoms with Crippen LogP contribution in [0.15, 0.2) is 48.5 Å². The standard InChI is InChI=1S/C26H33FN4O3/c1-19-17-29(14-15-31(19)26(33)34)18-20-2-6-23(7-3-20)28-16-25(32)21-10-12-30(13-11-21)24-8-4-22(27)5-9-24/h2-9,19,21,28H,10-18H2,1H3,(H,33,34)/t19-/m0/s1. The average Bonchev–Trinajstić information content (AvgIpc) is 2.84. The molecular formula is C26H33FN4O3. The number of carboxylic acid groups (broad SMARTS) is 1. The summed E-state index contributed by atoms with van der Waals surface area (Å²) in [6.45, 7) is 6.62. The predicted octanol–water partition coefficient (Wildman–Crippen LogP) is 3.91. The molecule has 2 saturated heterocycles. The highest BCUT2D eigenvalue weighted by molar-refractivity contribution is 5.85. The third kappa shape index (κ3) is 6.05. The Hall–Kier alpha value is -3.13. The number of hydrogen-bond donors (Lipinski definition) is 2. The van der Waals surface area contributed by atoms with Crippen LogP contribution in [0.25, 0.3) is 0 Å². The Bertz CT molecular complexity index is 975. The summed E-state index contributed by atoms with van der Waals surface area (Å²) in [6.07, 6.45) is 0.768. The van der Waals surface area contributed by atoms with Crippen molar-refractivity contribution in [3.8, 4) is 0 Å². The van der Waals surface area contributed by atoms with E-state index >= 15 is 0 Å². The summed E-state index contributed by atoms with van der Waals surface area (Å²) in [5.41, 5.74) is 3.09. The van der Waals surface area contributed by atoms with Gasteiger partial charge in [0.25, 0.3) is 0 Å². The second kappa shape index (κ2) is 10.9. The Labute approximate surface area is 200 Å². The number of piperazine rings is 1. The molecule has 7 nitrogen and oxygen atoms in total. The second-order valence-electron chi connectivity index (χ2n) is 9.31. The van der Waals surface area contributed by atoms with E-state index in [0.29, 0.717) is 13.1 Å². The van der Waals surface area contributed by atoms with E-state index in [-0.39, 0.29) is 23.6 Å². The number of benzene rings is 2. The lowest BCUT2D eigenvalue weighted by molar-refractivity contribution is -0.121. The lowest BCUT2D eigenvalue weighted by atomic mass is 9.92. The van der Waals surface area contributed by atoms with E-state index in [4.69, 9.17) is 0 Å². The number of ketones is 1. The van der Waals surface area contributed by atoms with Gasteiger partial charge >= 0.3 is 6.09 Å². The molecular weight excluding hydrogens is 435 g/mol. The first-order valence-electron chi connectivity index (χ1n) is 12.0. The zero-order chi connectivity index (χ0) is 24.1. The molecule has 0 aromatic heterocycles. The van der Waals surface area contributed by atoms with Crippen LogP contribution in [0.4, 0.5) is 20.6 Å². The molecule has 2 N–H and O–H groups in total. The molecule has 0 radical (unpaired) electrons. The highest BCUT2D eigenvalue weighted by Gasteiger charge is 2.27. The first-order valence-corrected chi connectivity index (χ1v) is 12.0. The predicted molar refractivity (Wildman–Crippen MR) is 131 cm³/mol. The summed E-state index contributed by atoms with van der Waals surface area (Å²) < 4.78 is 13.1. The Morgan fingerprint density at radius 3 is 2.29 bits per heavy atom. The minimum absolute atomic E-state index is 0.0132. The molecule has 0 bridgehead atoms. The van der Waals surface area contributed by atoms with Crippen LogP contribution in [0.3, 0.4) is 0 Å². The maximum absolute atomic E-state index is 13.1. The van der Waals surface area contributed by atoms with E-state index in [1.54, 1.807) is 12.1 Å². The fourth-order valence-corrected chi connectivity index (χ4v) is 4.89. The van der Waals surface area contributed by atoms with Crippen LogP contribution in [-0.4, -0.2) is 72.1 Å². The van der Waals surface area contributed by atoms with Gasteiger partial charge in [-0.1, -0.05) is 12.1 Å². The number of rotatable bonds is 7. The Kier molecular flexibility index (Phi) is 7.67. The molecule has 2 heterocycles. The van der Waals surface area contributed by atoms with Crippen LogP contribution in [-0.2, 0) is 11.3 Å². The van der Waals surface area contributed by atoms with Gasteiger partial charge < -0.3 is 20.2 Å². The zero-order valence-electron chi connectivity index (χ0n) is 19.6. The summed E-state index contributed by atoms with van der Waals surface area (Å²) in [7, 11) is 0. The number of carbonyl (C=O) groups is 2. The van der Waals surface area contributed by atoms with Crippen LogP contribution < -0.4 is 10.2 Å². The number of nitrogens with one attached hydrogen (secondary N) is 1. The van der Waals surface area contributed by atoms with Crippen molar-refractivity contribution in [1.82, 2.24) is 9.80 Å². The van der Waals surface area contributed by atoms with Crippen LogP contribution in [0.1, 0.15) is 25.3 Å². The summed E-state index contributed by atoms with van der Waals surface area (Å²) in [5, 5.41) is 12.5. The molecule has 0 saturated carbocycles. The van der Waals surface area contributed by atoms with Crippen molar-refractivity contribution >= 4 is 23.3 Å². The van der Waals surface area contributed by atoms with Crippen LogP contribution in [0, 0.1) is 11.7 Å². The Morgan fingerprint density at radius 1 is 1.00 bits per heavy atom. The molecule has 2 aliphatic rings. The number of hydrogen-bond acceptors (Lipinski definition) is 5. The normalized spacial score (nSPS) is 19.8. The van der Waals surface area contributed by atoms with E-state index in [9.17, 15) is 19.1 Å². The average molecular weight is 469 g/mol. The van der Waals surface area contributed by atoms with E-state index in [1.165, 1.54) is 22.6 Å². The highest BCUT2D eigenvalue weighted by atomic mass is 19.1. The van der Waals surface area contributed by atoms with Gasteiger partial charge in [0.05, 0.1) is 6.54 Å². The molecule has 4 rings (SSSR count). The second-order valence-corrected chi connectivity index (χ2v) is 9.31. The first-order chi connectivity index (χ1) is 16.4. The zero-order valence-corrected chi connectivity index (χ0v) is 19.6. The van der Waals surface area contributed by atoms with Gasteiger partial charge in [-0.3, -0.25) is 9.69 Å². The lowest BCUT2D eigenvalue weighted by Crippen LogP contribution is -2.53. The molecule has 182 valence electrons. The van der Waals surface area contributed by atoms with Gasteiger partial charge in [-0.05, 0) is 61.7 Å². The Morgan fingerprint density at radius 2 is 1.68 bits per heavy atom. The van der Waals surface area contributed by atoms with Crippen molar-refractivity contribution in [2.24, 2.45) is 5.92 Å². The molecule has 1 amide bonds. The molecule has 0 unspecified atom stereocenters. The van der Waals surface area contributed by atoms with Crippen molar-refractivity contribution < 1.29 is 19.1 Å². The third-order valence-electron chi connectivity index (χ3n) is 6.93. The van der Waals surface area contributed by atoms with Crippen molar-refractivity contribution in [3.63, 3.8) is 0 Å². The summed E-state index contributed by atoms with van der Waals surface area (Å²) in [4.78, 5) is 29.9. The molecule has 1 atom stereocenters. The number of piperidine rings is 1. The SMILES string of the molecule is C[C@H]1CN(Cc2ccc(NCC(=O)C3CCN(c4ccc(F)cc4)CC3)cc2)CCN1C(=O)O. The molecule has 2 aliphatic heterocycles. The number of nitrogens with zero attached hydrogens (tertiary/aromatic N) is 3. The molecule has 2 fully saturated rings. The van der Waals surface area contributed by atoms with Gasteiger partial charge in [-0.15, -0.1) is 0 Å². The van der Waals surface area contributed by atoms with Gasteiger partial charge in [0, 0.05) is 62.6 Å². The van der Waals surface area contributed by atoms with Crippen molar-refractivity contribution in [3.05, 3.63) is 59.9 Å². The smallest absolute Gasteiger partial charge is 0.407 e. The molecule has 0 aliphatic carbocycles. The fraction of sp³-hybridized carbons (Fsp3) is 0.462. The topological polar surface area (TPSA) is 76.1 Å². The molecule has 8 heteroatoms. The summed E-state index contributed by atoms with van der Waals surface area (Å²) in [5.74, 6) is 0.0455. The van der Waals surface area contributed by atoms with Gasteiger partial charge in [0.1, 0.15) is 5.82 Å². The number of halogens is 1. The van der Waals surface area contributed by atoms with E-state index in [0.717, 1.165) is 56.9 Å². The molecule has 2 aromatic carbocycles. The van der Waals surface area contributed by atoms with Crippen LogP contribution >= 0.6 is 0 Å². The van der Waals surface area contributed by atoms with Crippen molar-refractivity contribution in [1.29, 1.82) is 0 Å². The largest absolute Gasteiger partial charge is 0.465 e. The lowest BCUT2D eigenvalue weighted by Gasteiger charge is -2.38. The monoisotopic (exact) mass is 468 g/mol. The van der Waals surface area contributed by atoms with Gasteiger partial charge in [0.2, 0.25) is 0 Å². The van der Waals surface area contributed by atoms with Crippen LogP contribution in [0.5, 0.6) is 0 Å². The number of Topliss-reactive ketones (excluding diaryl/α,β-unsaturated/α-hetero) is 1. The molecule has 2 aromatic rings. The van der Waals surface area contributed by atoms with E-state index in [1.807, 2.05) is 19.1 Å². The van der Waals surface area contributed by atoms with Gasteiger partial charge in [-0.25, -0.2) is 9.18 Å². The maximum Gasteiger partial charge on any atom is 0.407 e. The number of anilines is 2. The highest BCUT2D eigenvalue weighted by Crippen LogP contribution is 2.24. The first kappa shape index (κ1) is 24.0. The maximum atomic E-state index is 13.1. The van der Waals surface area contributed by atoms with Crippen LogP contribution in [0.2, 0.25) is 0 Å². The molecule has 0 spiro atoms. The van der Waals surface area contributed by atoms with Crippen molar-refractivity contribution in [2.75, 3.05) is 49.5 Å². The van der Waals surface area contributed by atoms with Crippen molar-refractivity contribution in [2.45, 2.75) is 32.4 Å². The molecule has 34 heavy (non-hydrogen) atoms.